The van der Waals surface area contributed by atoms with E-state index in [2.05, 4.69) is 50.6 Å². The summed E-state index contributed by atoms with van der Waals surface area (Å²) >= 11 is 0. The van der Waals surface area contributed by atoms with Crippen LogP contribution in [0, 0.1) is 23.1 Å². The van der Waals surface area contributed by atoms with Crippen LogP contribution < -0.4 is 11.1 Å². The first kappa shape index (κ1) is 20.8. The van der Waals surface area contributed by atoms with Gasteiger partial charge in [0.25, 0.3) is 5.91 Å². The van der Waals surface area contributed by atoms with Gasteiger partial charge in [-0.05, 0) is 17.2 Å². The summed E-state index contributed by atoms with van der Waals surface area (Å²) in [5.74, 6) is -0.462. The normalized spacial score (nSPS) is 12.8. The lowest BCUT2D eigenvalue weighted by molar-refractivity contribution is -0.119. The molecule has 1 atom stereocenters. The Balaban J connectivity index is 2.89. The summed E-state index contributed by atoms with van der Waals surface area (Å²) in [6, 6.07) is 1.54. The Hall–Kier alpha value is -2.20. The first-order chi connectivity index (χ1) is 11.3. The molecule has 0 heterocycles. The minimum Gasteiger partial charge on any atom is -0.368 e. The highest BCUT2D eigenvalue weighted by molar-refractivity contribution is 6.87. The second-order valence-electron chi connectivity index (χ2n) is 7.43. The third kappa shape index (κ3) is 5.68. The van der Waals surface area contributed by atoms with Crippen molar-refractivity contribution in [2.24, 2.45) is 5.73 Å². The summed E-state index contributed by atoms with van der Waals surface area (Å²) in [5, 5.41) is 2.41. The Morgan fingerprint density at radius 1 is 1.28 bits per heavy atom. The van der Waals surface area contributed by atoms with E-state index in [1.807, 2.05) is 0 Å². The summed E-state index contributed by atoms with van der Waals surface area (Å²) in [4.78, 5) is 23.6. The fraction of sp³-hybridized carbons (Fsp3) is 0.444. The number of benzene rings is 1. The van der Waals surface area contributed by atoms with E-state index in [9.17, 15) is 18.4 Å². The van der Waals surface area contributed by atoms with Crippen LogP contribution in [-0.4, -0.2) is 25.9 Å². The van der Waals surface area contributed by atoms with Gasteiger partial charge in [-0.1, -0.05) is 33.9 Å². The molecule has 7 heteroatoms. The van der Waals surface area contributed by atoms with Crippen molar-refractivity contribution >= 4 is 19.9 Å². The zero-order valence-corrected chi connectivity index (χ0v) is 16.2. The largest absolute Gasteiger partial charge is 0.368 e. The maximum atomic E-state index is 13.7. The van der Waals surface area contributed by atoms with Crippen LogP contribution in [0.3, 0.4) is 0 Å². The Morgan fingerprint density at radius 2 is 1.88 bits per heavy atom. The summed E-state index contributed by atoms with van der Waals surface area (Å²) in [6.07, 6.45) is 0.0381. The minimum absolute atomic E-state index is 0.0381. The van der Waals surface area contributed by atoms with E-state index < -0.39 is 37.6 Å². The van der Waals surface area contributed by atoms with Gasteiger partial charge in [0.05, 0.1) is 5.56 Å². The van der Waals surface area contributed by atoms with E-state index in [0.29, 0.717) is 6.07 Å². The topological polar surface area (TPSA) is 72.2 Å². The highest BCUT2D eigenvalue weighted by Crippen LogP contribution is 2.35. The molecule has 0 unspecified atom stereocenters. The quantitative estimate of drug-likeness (QED) is 0.635. The van der Waals surface area contributed by atoms with E-state index in [0.717, 1.165) is 12.1 Å². The smallest absolute Gasteiger partial charge is 0.254 e. The molecule has 25 heavy (non-hydrogen) atoms. The van der Waals surface area contributed by atoms with Gasteiger partial charge in [-0.15, -0.1) is 11.5 Å². The molecule has 0 fully saturated rings. The Morgan fingerprint density at radius 3 is 2.36 bits per heavy atom. The molecule has 0 aliphatic heterocycles. The number of primary amides is 1. The van der Waals surface area contributed by atoms with E-state index in [1.165, 1.54) is 0 Å². The van der Waals surface area contributed by atoms with Crippen molar-refractivity contribution in [3.63, 3.8) is 0 Å². The van der Waals surface area contributed by atoms with Crippen LogP contribution in [0.15, 0.2) is 18.2 Å². The number of halogens is 2. The number of hydrogen-bond donors (Lipinski definition) is 2. The zero-order valence-electron chi connectivity index (χ0n) is 15.2. The lowest BCUT2D eigenvalue weighted by atomic mass is 10.1. The maximum Gasteiger partial charge on any atom is 0.254 e. The molecule has 0 spiro atoms. The van der Waals surface area contributed by atoms with Crippen LogP contribution in [0.25, 0.3) is 0 Å². The number of amides is 2. The second kappa shape index (κ2) is 7.79. The van der Waals surface area contributed by atoms with Gasteiger partial charge in [-0.25, -0.2) is 8.78 Å². The lowest BCUT2D eigenvalue weighted by Crippen LogP contribution is -2.44. The van der Waals surface area contributed by atoms with Crippen LogP contribution >= 0.6 is 0 Å². The van der Waals surface area contributed by atoms with Gasteiger partial charge in [-0.2, -0.15) is 0 Å². The highest BCUT2D eigenvalue weighted by Gasteiger charge is 2.33. The fourth-order valence-corrected chi connectivity index (χ4v) is 2.61. The maximum absolute atomic E-state index is 13.7. The van der Waals surface area contributed by atoms with Gasteiger partial charge in [0.1, 0.15) is 25.8 Å². The molecule has 1 rings (SSSR count). The van der Waals surface area contributed by atoms with Gasteiger partial charge >= 0.3 is 0 Å². The average Bonchev–Trinajstić information content (AvgIpc) is 2.44. The molecule has 0 aromatic heterocycles. The molecule has 0 saturated carbocycles. The molecule has 4 nitrogen and oxygen atoms in total. The molecular weight excluding hydrogens is 342 g/mol. The van der Waals surface area contributed by atoms with Crippen molar-refractivity contribution in [1.82, 2.24) is 5.32 Å². The fourth-order valence-electron chi connectivity index (χ4n) is 1.69. The lowest BCUT2D eigenvalue weighted by Gasteiger charge is -2.31. The van der Waals surface area contributed by atoms with Crippen LogP contribution in [0.5, 0.6) is 0 Å². The van der Waals surface area contributed by atoms with Crippen molar-refractivity contribution in [3.8, 4) is 11.5 Å². The van der Waals surface area contributed by atoms with Crippen LogP contribution in [-0.2, 0) is 4.79 Å². The van der Waals surface area contributed by atoms with Crippen molar-refractivity contribution in [3.05, 3.63) is 35.4 Å². The van der Waals surface area contributed by atoms with Crippen molar-refractivity contribution in [1.29, 1.82) is 0 Å². The number of carbonyl (C=O) groups excluding carboxylic acids is 2. The molecule has 0 aliphatic rings. The first-order valence-corrected chi connectivity index (χ1v) is 10.9. The SMILES string of the molecule is CC(C)(C)[Si](C)(C)C#CC[C@@H](NC(=O)c1ccc(F)cc1F)C(N)=O. The number of carbonyl (C=O) groups is 2. The monoisotopic (exact) mass is 366 g/mol. The van der Waals surface area contributed by atoms with Crippen molar-refractivity contribution in [2.45, 2.75) is 51.4 Å². The third-order valence-corrected chi connectivity index (χ3v) is 8.96. The third-order valence-electron chi connectivity index (χ3n) is 4.41. The standard InChI is InChI=1S/C18H24F2N2O2Si/c1-18(2,3)25(4,5)10-6-7-15(16(21)23)22-17(24)13-9-8-12(19)11-14(13)20/h8-9,11,15H,7H2,1-5H3,(H2,21,23)(H,22,24)/t15-/m1/s1. The van der Waals surface area contributed by atoms with E-state index in [1.54, 1.807) is 0 Å². The molecular formula is C18H24F2N2O2Si. The first-order valence-electron chi connectivity index (χ1n) is 7.90. The molecule has 3 N–H and O–H groups in total. The van der Waals surface area contributed by atoms with Crippen LogP contribution in [0.4, 0.5) is 8.78 Å². The van der Waals surface area contributed by atoms with Crippen molar-refractivity contribution in [2.75, 3.05) is 0 Å². The zero-order chi connectivity index (χ0) is 19.4. The molecule has 0 aliphatic carbocycles. The predicted molar refractivity (Wildman–Crippen MR) is 96.4 cm³/mol. The molecule has 1 aromatic carbocycles. The molecule has 0 saturated heterocycles. The molecule has 136 valence electrons. The number of hydrogen-bond acceptors (Lipinski definition) is 2. The van der Waals surface area contributed by atoms with Gasteiger partial charge in [0.2, 0.25) is 5.91 Å². The summed E-state index contributed by atoms with van der Waals surface area (Å²) in [5.41, 5.74) is 8.16. The number of nitrogens with two attached hydrogens (primary N) is 1. The highest BCUT2D eigenvalue weighted by atomic mass is 28.3. The van der Waals surface area contributed by atoms with E-state index >= 15 is 0 Å². The Bertz CT molecular complexity index is 731. The van der Waals surface area contributed by atoms with Crippen LogP contribution in [0.2, 0.25) is 18.1 Å². The summed E-state index contributed by atoms with van der Waals surface area (Å²) < 4.78 is 26.6. The van der Waals surface area contributed by atoms with E-state index in [4.69, 9.17) is 5.73 Å². The molecule has 2 amide bonds. The Labute approximate surface area is 148 Å². The van der Waals surface area contributed by atoms with Gasteiger partial charge < -0.3 is 11.1 Å². The predicted octanol–water partition coefficient (Wildman–Crippen LogP) is 2.99. The number of nitrogens with one attached hydrogen (secondary N) is 1. The van der Waals surface area contributed by atoms with E-state index in [-0.39, 0.29) is 17.0 Å². The average molecular weight is 366 g/mol. The molecule has 0 bridgehead atoms. The summed E-state index contributed by atoms with van der Waals surface area (Å²) in [6.45, 7) is 10.6. The van der Waals surface area contributed by atoms with Crippen molar-refractivity contribution < 1.29 is 18.4 Å². The number of rotatable bonds is 4. The van der Waals surface area contributed by atoms with Gasteiger partial charge in [0.15, 0.2) is 0 Å². The minimum atomic E-state index is -1.85. The van der Waals surface area contributed by atoms with Gasteiger partial charge in [-0.3, -0.25) is 9.59 Å². The van der Waals surface area contributed by atoms with Crippen LogP contribution in [0.1, 0.15) is 37.6 Å². The second-order valence-corrected chi connectivity index (χ2v) is 12.4. The summed E-state index contributed by atoms with van der Waals surface area (Å²) in [7, 11) is -1.85. The molecule has 0 radical (unpaired) electrons. The molecule has 1 aromatic rings. The van der Waals surface area contributed by atoms with Gasteiger partial charge in [0, 0.05) is 12.5 Å². The Kier molecular flexibility index (Phi) is 6.49.